The lowest BCUT2D eigenvalue weighted by Gasteiger charge is -2.18. The third-order valence-corrected chi connectivity index (χ3v) is 5.05. The molecule has 0 bridgehead atoms. The van der Waals surface area contributed by atoms with E-state index in [1.54, 1.807) is 24.3 Å². The summed E-state index contributed by atoms with van der Waals surface area (Å²) in [4.78, 5) is 17.2. The number of aromatic hydroxyl groups is 1. The van der Waals surface area contributed by atoms with E-state index in [-0.39, 0.29) is 17.3 Å². The van der Waals surface area contributed by atoms with E-state index in [1.165, 1.54) is 0 Å². The van der Waals surface area contributed by atoms with Crippen molar-refractivity contribution in [2.24, 2.45) is 4.99 Å². The fourth-order valence-corrected chi connectivity index (χ4v) is 3.67. The van der Waals surface area contributed by atoms with E-state index >= 15 is 0 Å². The quantitative estimate of drug-likeness (QED) is 0.601. The molecule has 0 spiro atoms. The van der Waals surface area contributed by atoms with Gasteiger partial charge in [0.05, 0.1) is 11.3 Å². The van der Waals surface area contributed by atoms with Crippen molar-refractivity contribution in [3.05, 3.63) is 83.6 Å². The van der Waals surface area contributed by atoms with E-state index < -0.39 is 0 Å². The topological polar surface area (TPSA) is 69.9 Å². The average Bonchev–Trinajstić information content (AvgIpc) is 2.70. The number of carbonyl (C=O) groups excluding carboxylic acids is 1. The highest BCUT2D eigenvalue weighted by Gasteiger charge is 2.25. The molecule has 4 rings (SSSR count). The lowest BCUT2D eigenvalue weighted by Crippen LogP contribution is -2.21. The Morgan fingerprint density at radius 1 is 0.893 bits per heavy atom. The number of allylic oxidation sites excluding steroid dienone is 2. The van der Waals surface area contributed by atoms with Crippen LogP contribution in [-0.2, 0) is 11.2 Å². The van der Waals surface area contributed by atoms with Crippen LogP contribution in [0.5, 0.6) is 5.75 Å². The Balaban J connectivity index is 1.86. The number of hydrogen-bond donors (Lipinski definition) is 2. The molecule has 28 heavy (non-hydrogen) atoms. The second kappa shape index (κ2) is 7.69. The van der Waals surface area contributed by atoms with Crippen LogP contribution in [-0.4, -0.2) is 21.7 Å². The number of aliphatic hydroxyl groups excluding tert-OH is 1. The molecular weight excluding hydrogens is 350 g/mol. The van der Waals surface area contributed by atoms with Gasteiger partial charge in [0.15, 0.2) is 5.78 Å². The monoisotopic (exact) mass is 371 g/mol. The Kier molecular flexibility index (Phi) is 4.94. The molecule has 4 nitrogen and oxygen atoms in total. The van der Waals surface area contributed by atoms with Gasteiger partial charge in [0, 0.05) is 19.3 Å². The standard InChI is InChI=1S/C24H21NO3/c26-21-12-4-3-11-19(21)25-20(24-22(27)13-6-14-23(24)28)15-17-9-5-8-16-7-1-2-10-18(16)17/h1-5,7-12,26-27H,6,13-15H2. The predicted molar refractivity (Wildman–Crippen MR) is 111 cm³/mol. The largest absolute Gasteiger partial charge is 0.511 e. The van der Waals surface area contributed by atoms with Gasteiger partial charge in [-0.3, -0.25) is 4.79 Å². The van der Waals surface area contributed by atoms with Crippen molar-refractivity contribution >= 4 is 28.0 Å². The Morgan fingerprint density at radius 2 is 1.64 bits per heavy atom. The van der Waals surface area contributed by atoms with Crippen LogP contribution >= 0.6 is 0 Å². The van der Waals surface area contributed by atoms with Crippen LogP contribution in [0.4, 0.5) is 5.69 Å². The van der Waals surface area contributed by atoms with Gasteiger partial charge in [-0.2, -0.15) is 0 Å². The van der Waals surface area contributed by atoms with Gasteiger partial charge in [-0.1, -0.05) is 54.6 Å². The van der Waals surface area contributed by atoms with Gasteiger partial charge in [0.1, 0.15) is 17.2 Å². The number of carbonyl (C=O) groups is 1. The maximum Gasteiger partial charge on any atom is 0.168 e. The lowest BCUT2D eigenvalue weighted by atomic mass is 9.89. The minimum atomic E-state index is -0.0989. The second-order valence-corrected chi connectivity index (χ2v) is 6.96. The molecule has 1 aliphatic carbocycles. The molecule has 0 saturated heterocycles. The highest BCUT2D eigenvalue weighted by molar-refractivity contribution is 6.24. The van der Waals surface area contributed by atoms with Crippen molar-refractivity contribution in [2.45, 2.75) is 25.7 Å². The number of aliphatic imine (C=N–C) groups is 1. The fourth-order valence-electron chi connectivity index (χ4n) is 3.67. The Hall–Kier alpha value is -3.40. The molecule has 0 unspecified atom stereocenters. The van der Waals surface area contributed by atoms with E-state index in [1.807, 2.05) is 42.5 Å². The first kappa shape index (κ1) is 18.0. The summed E-state index contributed by atoms with van der Waals surface area (Å²) in [6.45, 7) is 0. The number of hydrogen-bond acceptors (Lipinski definition) is 4. The lowest BCUT2D eigenvalue weighted by molar-refractivity contribution is -0.115. The summed E-state index contributed by atoms with van der Waals surface area (Å²) in [5, 5.41) is 22.8. The second-order valence-electron chi connectivity index (χ2n) is 6.96. The van der Waals surface area contributed by atoms with Crippen molar-refractivity contribution in [2.75, 3.05) is 0 Å². The van der Waals surface area contributed by atoms with Gasteiger partial charge in [-0.05, 0) is 34.9 Å². The normalized spacial score (nSPS) is 15.3. The van der Waals surface area contributed by atoms with Crippen molar-refractivity contribution in [1.82, 2.24) is 0 Å². The summed E-state index contributed by atoms with van der Waals surface area (Å²) in [5.41, 5.74) is 2.19. The fraction of sp³-hybridized carbons (Fsp3) is 0.167. The number of para-hydroxylation sites is 2. The Bertz CT molecular complexity index is 1110. The van der Waals surface area contributed by atoms with Crippen LogP contribution in [0.25, 0.3) is 10.8 Å². The Morgan fingerprint density at radius 3 is 2.46 bits per heavy atom. The van der Waals surface area contributed by atoms with E-state index in [0.717, 1.165) is 16.3 Å². The van der Waals surface area contributed by atoms with Crippen molar-refractivity contribution in [1.29, 1.82) is 0 Å². The zero-order valence-electron chi connectivity index (χ0n) is 15.4. The first-order valence-electron chi connectivity index (χ1n) is 9.41. The predicted octanol–water partition coefficient (Wildman–Crippen LogP) is 5.43. The minimum Gasteiger partial charge on any atom is -0.511 e. The average molecular weight is 371 g/mol. The molecule has 0 fully saturated rings. The molecule has 0 amide bonds. The number of fused-ring (bicyclic) bond motifs is 1. The van der Waals surface area contributed by atoms with Crippen LogP contribution in [0, 0.1) is 0 Å². The highest BCUT2D eigenvalue weighted by Crippen LogP contribution is 2.30. The number of Topliss-reactive ketones (excluding diaryl/α,β-unsaturated/α-hetero) is 1. The number of phenolic OH excluding ortho intramolecular Hbond substituents is 1. The molecule has 0 aliphatic heterocycles. The SMILES string of the molecule is O=C1CCCC(O)=C1C(Cc1cccc2ccccc12)=Nc1ccccc1O. The molecule has 0 heterocycles. The van der Waals surface area contributed by atoms with Crippen molar-refractivity contribution in [3.63, 3.8) is 0 Å². The van der Waals surface area contributed by atoms with Crippen molar-refractivity contribution < 1.29 is 15.0 Å². The molecule has 4 heteroatoms. The van der Waals surface area contributed by atoms with E-state index in [2.05, 4.69) is 4.99 Å². The number of phenols is 1. The summed E-state index contributed by atoms with van der Waals surface area (Å²) in [7, 11) is 0. The van der Waals surface area contributed by atoms with Gasteiger partial charge >= 0.3 is 0 Å². The van der Waals surface area contributed by atoms with Crippen LogP contribution in [0.1, 0.15) is 24.8 Å². The summed E-state index contributed by atoms with van der Waals surface area (Å²) in [5.74, 6) is 0.0325. The van der Waals surface area contributed by atoms with Crippen LogP contribution < -0.4 is 0 Å². The molecular formula is C24H21NO3. The number of ketones is 1. The first-order valence-corrected chi connectivity index (χ1v) is 9.41. The molecule has 2 N–H and O–H groups in total. The van der Waals surface area contributed by atoms with Gasteiger partial charge in [-0.15, -0.1) is 0 Å². The van der Waals surface area contributed by atoms with E-state index in [4.69, 9.17) is 0 Å². The molecule has 0 aromatic heterocycles. The van der Waals surface area contributed by atoms with Crippen LogP contribution in [0.2, 0.25) is 0 Å². The van der Waals surface area contributed by atoms with Gasteiger partial charge < -0.3 is 10.2 Å². The number of nitrogens with zero attached hydrogens (tertiary/aromatic N) is 1. The number of benzene rings is 3. The van der Waals surface area contributed by atoms with Gasteiger partial charge in [-0.25, -0.2) is 4.99 Å². The maximum atomic E-state index is 12.6. The van der Waals surface area contributed by atoms with E-state index in [0.29, 0.717) is 42.7 Å². The third kappa shape index (κ3) is 3.54. The summed E-state index contributed by atoms with van der Waals surface area (Å²) in [6.07, 6.45) is 1.90. The van der Waals surface area contributed by atoms with Crippen LogP contribution in [0.3, 0.4) is 0 Å². The number of rotatable bonds is 4. The van der Waals surface area contributed by atoms with Gasteiger partial charge in [0.2, 0.25) is 0 Å². The molecule has 0 saturated carbocycles. The highest BCUT2D eigenvalue weighted by atomic mass is 16.3. The maximum absolute atomic E-state index is 12.6. The zero-order chi connectivity index (χ0) is 19.5. The minimum absolute atomic E-state index is 0.0428. The van der Waals surface area contributed by atoms with Crippen molar-refractivity contribution in [3.8, 4) is 5.75 Å². The summed E-state index contributed by atoms with van der Waals surface area (Å²) in [6, 6.07) is 20.8. The molecule has 1 aliphatic rings. The van der Waals surface area contributed by atoms with E-state index in [9.17, 15) is 15.0 Å². The molecule has 0 atom stereocenters. The molecule has 0 radical (unpaired) electrons. The van der Waals surface area contributed by atoms with Gasteiger partial charge in [0.25, 0.3) is 0 Å². The smallest absolute Gasteiger partial charge is 0.168 e. The number of aliphatic hydroxyl groups is 1. The third-order valence-electron chi connectivity index (χ3n) is 5.05. The van der Waals surface area contributed by atoms with Crippen LogP contribution in [0.15, 0.2) is 83.1 Å². The molecule has 3 aromatic rings. The zero-order valence-corrected chi connectivity index (χ0v) is 15.4. The molecule has 140 valence electrons. The summed E-state index contributed by atoms with van der Waals surface area (Å²) >= 11 is 0. The first-order chi connectivity index (χ1) is 13.6. The summed E-state index contributed by atoms with van der Waals surface area (Å²) < 4.78 is 0. The Labute approximate surface area is 163 Å². The molecule has 3 aromatic carbocycles.